The van der Waals surface area contributed by atoms with Crippen molar-refractivity contribution in [3.05, 3.63) is 0 Å². The first-order valence-electron chi connectivity index (χ1n) is 8.95. The van der Waals surface area contributed by atoms with Crippen LogP contribution >= 0.6 is 0 Å². The predicted octanol–water partition coefficient (Wildman–Crippen LogP) is 4.71. The first-order valence-corrected chi connectivity index (χ1v) is 8.95. The standard InChI is InChI=1S/C18H35NO2/c1-2-3-4-5-8-11-14-17(20)18(21)15-12-9-6-7-10-13-16-19/h17-18,20-21H,2-15H2,1H3. The highest BCUT2D eigenvalue weighted by Gasteiger charge is 2.14. The second-order valence-corrected chi connectivity index (χ2v) is 6.16. The molecular formula is C18H35NO2. The summed E-state index contributed by atoms with van der Waals surface area (Å²) in [5, 5.41) is 28.2. The van der Waals surface area contributed by atoms with Gasteiger partial charge in [-0.2, -0.15) is 5.26 Å². The third-order valence-corrected chi connectivity index (χ3v) is 4.09. The Hall–Kier alpha value is -0.590. The van der Waals surface area contributed by atoms with E-state index in [1.807, 2.05) is 0 Å². The van der Waals surface area contributed by atoms with Gasteiger partial charge < -0.3 is 10.2 Å². The zero-order valence-corrected chi connectivity index (χ0v) is 13.9. The van der Waals surface area contributed by atoms with Crippen molar-refractivity contribution in [1.82, 2.24) is 0 Å². The van der Waals surface area contributed by atoms with Crippen LogP contribution in [0.25, 0.3) is 0 Å². The van der Waals surface area contributed by atoms with Crippen LogP contribution in [0.1, 0.15) is 96.8 Å². The molecule has 0 saturated heterocycles. The van der Waals surface area contributed by atoms with Gasteiger partial charge in [-0.15, -0.1) is 0 Å². The van der Waals surface area contributed by atoms with Crippen LogP contribution in [0, 0.1) is 11.3 Å². The van der Waals surface area contributed by atoms with Gasteiger partial charge in [-0.1, -0.05) is 71.1 Å². The summed E-state index contributed by atoms with van der Waals surface area (Å²) in [7, 11) is 0. The van der Waals surface area contributed by atoms with Crippen molar-refractivity contribution >= 4 is 0 Å². The molecule has 0 bridgehead atoms. The molecule has 0 aliphatic rings. The Balaban J connectivity index is 3.36. The van der Waals surface area contributed by atoms with Gasteiger partial charge in [0.2, 0.25) is 0 Å². The fourth-order valence-corrected chi connectivity index (χ4v) is 2.61. The molecule has 2 atom stereocenters. The lowest BCUT2D eigenvalue weighted by atomic mass is 10.00. The molecule has 0 fully saturated rings. The molecule has 2 unspecified atom stereocenters. The lowest BCUT2D eigenvalue weighted by Crippen LogP contribution is -2.25. The fraction of sp³-hybridized carbons (Fsp3) is 0.944. The number of aliphatic hydroxyl groups excluding tert-OH is 2. The van der Waals surface area contributed by atoms with Gasteiger partial charge in [0.25, 0.3) is 0 Å². The van der Waals surface area contributed by atoms with Crippen molar-refractivity contribution in [3.8, 4) is 6.07 Å². The molecule has 0 aromatic carbocycles. The smallest absolute Gasteiger partial charge is 0.0799 e. The zero-order chi connectivity index (χ0) is 15.8. The van der Waals surface area contributed by atoms with E-state index in [1.54, 1.807) is 0 Å². The molecule has 0 saturated carbocycles. The molecule has 124 valence electrons. The molecule has 21 heavy (non-hydrogen) atoms. The molecule has 3 heteroatoms. The number of hydrogen-bond acceptors (Lipinski definition) is 3. The molecule has 0 amide bonds. The largest absolute Gasteiger partial charge is 0.390 e. The maximum Gasteiger partial charge on any atom is 0.0799 e. The first kappa shape index (κ1) is 20.4. The van der Waals surface area contributed by atoms with Crippen LogP contribution in [0.2, 0.25) is 0 Å². The van der Waals surface area contributed by atoms with Crippen LogP contribution in [-0.2, 0) is 0 Å². The third-order valence-electron chi connectivity index (χ3n) is 4.09. The van der Waals surface area contributed by atoms with E-state index in [0.29, 0.717) is 12.8 Å². The Labute approximate surface area is 131 Å². The van der Waals surface area contributed by atoms with E-state index in [1.165, 1.54) is 32.1 Å². The van der Waals surface area contributed by atoms with Crippen LogP contribution in [0.15, 0.2) is 0 Å². The van der Waals surface area contributed by atoms with Crippen molar-refractivity contribution in [2.24, 2.45) is 0 Å². The minimum atomic E-state index is -0.556. The molecule has 2 N–H and O–H groups in total. The van der Waals surface area contributed by atoms with E-state index in [-0.39, 0.29) is 0 Å². The van der Waals surface area contributed by atoms with E-state index in [4.69, 9.17) is 5.26 Å². The summed E-state index contributed by atoms with van der Waals surface area (Å²) in [6.45, 7) is 2.21. The third kappa shape index (κ3) is 14.1. The van der Waals surface area contributed by atoms with Gasteiger partial charge in [-0.3, -0.25) is 0 Å². The van der Waals surface area contributed by atoms with Crippen molar-refractivity contribution in [3.63, 3.8) is 0 Å². The quantitative estimate of drug-likeness (QED) is 0.430. The van der Waals surface area contributed by atoms with Crippen molar-refractivity contribution in [1.29, 1.82) is 5.26 Å². The molecule has 0 heterocycles. The minimum absolute atomic E-state index is 0.547. The van der Waals surface area contributed by atoms with Gasteiger partial charge in [0.05, 0.1) is 18.3 Å². The Kier molecular flexibility index (Phi) is 15.3. The summed E-state index contributed by atoms with van der Waals surface area (Å²) < 4.78 is 0. The fourth-order valence-electron chi connectivity index (χ4n) is 2.61. The highest BCUT2D eigenvalue weighted by atomic mass is 16.3. The summed E-state index contributed by atoms with van der Waals surface area (Å²) in [6.07, 6.45) is 13.6. The van der Waals surface area contributed by atoms with Crippen molar-refractivity contribution in [2.75, 3.05) is 0 Å². The average molecular weight is 297 g/mol. The zero-order valence-electron chi connectivity index (χ0n) is 13.9. The van der Waals surface area contributed by atoms with E-state index < -0.39 is 12.2 Å². The second-order valence-electron chi connectivity index (χ2n) is 6.16. The first-order chi connectivity index (χ1) is 10.2. The highest BCUT2D eigenvalue weighted by Crippen LogP contribution is 2.15. The summed E-state index contributed by atoms with van der Waals surface area (Å²) in [6, 6.07) is 2.15. The molecule has 0 aliphatic carbocycles. The number of unbranched alkanes of at least 4 members (excludes halogenated alkanes) is 10. The van der Waals surface area contributed by atoms with Crippen LogP contribution in [0.3, 0.4) is 0 Å². The summed E-state index contributed by atoms with van der Waals surface area (Å²) in [4.78, 5) is 0. The van der Waals surface area contributed by atoms with Gasteiger partial charge in [0.15, 0.2) is 0 Å². The number of nitriles is 1. The average Bonchev–Trinajstić information content (AvgIpc) is 2.49. The Morgan fingerprint density at radius 3 is 1.62 bits per heavy atom. The Morgan fingerprint density at radius 2 is 1.14 bits per heavy atom. The predicted molar refractivity (Wildman–Crippen MR) is 87.9 cm³/mol. The number of rotatable bonds is 15. The molecular weight excluding hydrogens is 262 g/mol. The van der Waals surface area contributed by atoms with E-state index >= 15 is 0 Å². The SMILES string of the molecule is CCCCCCCCC(O)C(O)CCCCCCCC#N. The Bertz CT molecular complexity index is 250. The van der Waals surface area contributed by atoms with Crippen LogP contribution in [-0.4, -0.2) is 22.4 Å². The number of nitrogens with zero attached hydrogens (tertiary/aromatic N) is 1. The van der Waals surface area contributed by atoms with Gasteiger partial charge in [-0.25, -0.2) is 0 Å². The summed E-state index contributed by atoms with van der Waals surface area (Å²) >= 11 is 0. The minimum Gasteiger partial charge on any atom is -0.390 e. The van der Waals surface area contributed by atoms with Crippen LogP contribution < -0.4 is 0 Å². The van der Waals surface area contributed by atoms with Gasteiger partial charge in [0, 0.05) is 6.42 Å². The topological polar surface area (TPSA) is 64.2 Å². The maximum absolute atomic E-state index is 9.91. The van der Waals surface area contributed by atoms with E-state index in [2.05, 4.69) is 13.0 Å². The lowest BCUT2D eigenvalue weighted by molar-refractivity contribution is 0.00712. The van der Waals surface area contributed by atoms with Gasteiger partial charge >= 0.3 is 0 Å². The normalized spacial score (nSPS) is 13.8. The molecule has 0 aliphatic heterocycles. The molecule has 3 nitrogen and oxygen atoms in total. The lowest BCUT2D eigenvalue weighted by Gasteiger charge is -2.17. The maximum atomic E-state index is 9.91. The Morgan fingerprint density at radius 1 is 0.714 bits per heavy atom. The van der Waals surface area contributed by atoms with E-state index in [9.17, 15) is 10.2 Å². The van der Waals surface area contributed by atoms with Crippen molar-refractivity contribution < 1.29 is 10.2 Å². The van der Waals surface area contributed by atoms with Crippen LogP contribution in [0.4, 0.5) is 0 Å². The summed E-state index contributed by atoms with van der Waals surface area (Å²) in [5.41, 5.74) is 0. The molecule has 0 aromatic rings. The second kappa shape index (κ2) is 15.8. The highest BCUT2D eigenvalue weighted by molar-refractivity contribution is 4.69. The van der Waals surface area contributed by atoms with Crippen molar-refractivity contribution in [2.45, 2.75) is 109 Å². The summed E-state index contributed by atoms with van der Waals surface area (Å²) in [5.74, 6) is 0. The van der Waals surface area contributed by atoms with Crippen LogP contribution in [0.5, 0.6) is 0 Å². The monoisotopic (exact) mass is 297 g/mol. The number of aliphatic hydroxyl groups is 2. The molecule has 0 radical (unpaired) electrons. The van der Waals surface area contributed by atoms with Gasteiger partial charge in [0.1, 0.15) is 0 Å². The van der Waals surface area contributed by atoms with Gasteiger partial charge in [-0.05, 0) is 19.3 Å². The molecule has 0 aromatic heterocycles. The number of hydrogen-bond donors (Lipinski definition) is 2. The molecule has 0 rings (SSSR count). The molecule has 0 spiro atoms. The van der Waals surface area contributed by atoms with E-state index in [0.717, 1.165) is 44.9 Å².